The molecule has 10 heteroatoms. The topological polar surface area (TPSA) is 97.9 Å². The summed E-state index contributed by atoms with van der Waals surface area (Å²) in [5.74, 6) is 0.0663. The first-order valence-corrected chi connectivity index (χ1v) is 12.1. The van der Waals surface area contributed by atoms with Crippen LogP contribution in [0.3, 0.4) is 0 Å². The van der Waals surface area contributed by atoms with Crippen molar-refractivity contribution in [2.75, 3.05) is 50.5 Å². The average Bonchev–Trinajstić information content (AvgIpc) is 3.53. The highest BCUT2D eigenvalue weighted by molar-refractivity contribution is 7.83. The van der Waals surface area contributed by atoms with Crippen molar-refractivity contribution >= 4 is 45.3 Å². The lowest BCUT2D eigenvalue weighted by Gasteiger charge is -2.37. The lowest BCUT2D eigenvalue weighted by molar-refractivity contribution is -0.111. The van der Waals surface area contributed by atoms with E-state index in [-0.39, 0.29) is 17.5 Å². The van der Waals surface area contributed by atoms with Crippen molar-refractivity contribution < 1.29 is 13.8 Å². The second kappa shape index (κ2) is 9.11. The third-order valence-corrected chi connectivity index (χ3v) is 7.36. The van der Waals surface area contributed by atoms with Crippen LogP contribution in [0.25, 0.3) is 10.9 Å². The molecule has 2 aromatic rings. The third-order valence-electron chi connectivity index (χ3n) is 6.02. The molecule has 1 saturated heterocycles. The van der Waals surface area contributed by atoms with Crippen molar-refractivity contribution in [3.63, 3.8) is 0 Å². The number of nitrogens with one attached hydrogen (secondary N) is 2. The lowest BCUT2D eigenvalue weighted by atomic mass is 10.1. The van der Waals surface area contributed by atoms with E-state index in [4.69, 9.17) is 0 Å². The number of anilines is 2. The molecule has 2 N–H and O–H groups in total. The molecule has 0 bridgehead atoms. The van der Waals surface area contributed by atoms with Gasteiger partial charge in [0.25, 0.3) is 0 Å². The number of rotatable bonds is 6. The van der Waals surface area contributed by atoms with E-state index in [1.807, 2.05) is 23.1 Å². The normalized spacial score (nSPS) is 18.0. The maximum Gasteiger partial charge on any atom is 0.319 e. The van der Waals surface area contributed by atoms with Gasteiger partial charge in [0.15, 0.2) is 0 Å². The number of carbonyl (C=O) groups excluding carboxylic acids is 2. The van der Waals surface area contributed by atoms with E-state index in [9.17, 15) is 13.8 Å². The van der Waals surface area contributed by atoms with Gasteiger partial charge in [-0.2, -0.15) is 0 Å². The zero-order valence-electron chi connectivity index (χ0n) is 19.3. The molecule has 4 rings (SSSR count). The lowest BCUT2D eigenvalue weighted by Crippen LogP contribution is -2.51. The Bertz CT molecular complexity index is 1120. The Kier molecular flexibility index (Phi) is 6.40. The maximum absolute atomic E-state index is 13.1. The van der Waals surface area contributed by atoms with Gasteiger partial charge in [0.1, 0.15) is 16.8 Å². The van der Waals surface area contributed by atoms with Crippen LogP contribution >= 0.6 is 0 Å². The largest absolute Gasteiger partial charge is 0.367 e. The van der Waals surface area contributed by atoms with Crippen LogP contribution in [0.15, 0.2) is 41.8 Å². The van der Waals surface area contributed by atoms with Crippen LogP contribution < -0.4 is 14.9 Å². The molecule has 1 aromatic heterocycles. The SMILES string of the molecule is C=CC(=O)Nc1ccc2c(N3CCN(C(=O)N(C)C)CC3)cc(S(=O)NC3(C)CC3)cc2n1. The van der Waals surface area contributed by atoms with E-state index >= 15 is 0 Å². The summed E-state index contributed by atoms with van der Waals surface area (Å²) < 4.78 is 16.3. The Morgan fingerprint density at radius 3 is 2.48 bits per heavy atom. The Labute approximate surface area is 196 Å². The first kappa shape index (κ1) is 23.2. The van der Waals surface area contributed by atoms with Crippen molar-refractivity contribution in [3.8, 4) is 0 Å². The minimum atomic E-state index is -1.39. The number of piperazine rings is 1. The number of amides is 3. The average molecular weight is 471 g/mol. The summed E-state index contributed by atoms with van der Waals surface area (Å²) in [7, 11) is 2.11. The van der Waals surface area contributed by atoms with Crippen molar-refractivity contribution in [1.29, 1.82) is 0 Å². The molecule has 2 heterocycles. The molecule has 9 nitrogen and oxygen atoms in total. The van der Waals surface area contributed by atoms with Crippen molar-refractivity contribution in [3.05, 3.63) is 36.9 Å². The minimum absolute atomic E-state index is 0.000471. The van der Waals surface area contributed by atoms with Crippen molar-refractivity contribution in [2.24, 2.45) is 0 Å². The van der Waals surface area contributed by atoms with Crippen LogP contribution in [0.5, 0.6) is 0 Å². The number of aromatic nitrogens is 1. The van der Waals surface area contributed by atoms with Gasteiger partial charge in [-0.05, 0) is 50.1 Å². The molecule has 33 heavy (non-hydrogen) atoms. The van der Waals surface area contributed by atoms with Gasteiger partial charge >= 0.3 is 6.03 Å². The highest BCUT2D eigenvalue weighted by Crippen LogP contribution is 2.36. The molecule has 2 aliphatic rings. The highest BCUT2D eigenvalue weighted by Gasteiger charge is 2.39. The first-order chi connectivity index (χ1) is 15.7. The van der Waals surface area contributed by atoms with E-state index in [0.717, 1.165) is 23.9 Å². The Balaban J connectivity index is 1.67. The molecular formula is C23H30N6O3S. The van der Waals surface area contributed by atoms with Crippen LogP contribution in [0.2, 0.25) is 0 Å². The summed E-state index contributed by atoms with van der Waals surface area (Å²) in [6, 6.07) is 7.42. The first-order valence-electron chi connectivity index (χ1n) is 11.0. The smallest absolute Gasteiger partial charge is 0.319 e. The molecule has 1 saturated carbocycles. The Morgan fingerprint density at radius 2 is 1.88 bits per heavy atom. The van der Waals surface area contributed by atoms with E-state index in [1.54, 1.807) is 25.1 Å². The maximum atomic E-state index is 13.1. The number of carbonyl (C=O) groups is 2. The van der Waals surface area contributed by atoms with Gasteiger partial charge in [0, 0.05) is 56.9 Å². The zero-order chi connectivity index (χ0) is 23.8. The van der Waals surface area contributed by atoms with Gasteiger partial charge in [0.05, 0.1) is 10.4 Å². The number of hydrogen-bond acceptors (Lipinski definition) is 5. The fraction of sp³-hybridized carbons (Fsp3) is 0.435. The summed E-state index contributed by atoms with van der Waals surface area (Å²) >= 11 is 0. The predicted octanol–water partition coefficient (Wildman–Crippen LogP) is 2.33. The second-order valence-electron chi connectivity index (χ2n) is 8.98. The van der Waals surface area contributed by atoms with E-state index in [2.05, 4.69) is 33.4 Å². The fourth-order valence-corrected chi connectivity index (χ4v) is 5.01. The monoisotopic (exact) mass is 470 g/mol. The van der Waals surface area contributed by atoms with Gasteiger partial charge in [0.2, 0.25) is 5.91 Å². The summed E-state index contributed by atoms with van der Waals surface area (Å²) in [6.07, 6.45) is 3.19. The van der Waals surface area contributed by atoms with Gasteiger partial charge in [-0.15, -0.1) is 0 Å². The molecular weight excluding hydrogens is 440 g/mol. The van der Waals surface area contributed by atoms with Gasteiger partial charge in [-0.25, -0.2) is 18.7 Å². The molecule has 2 fully saturated rings. The van der Waals surface area contributed by atoms with Gasteiger partial charge in [-0.3, -0.25) is 4.79 Å². The number of urea groups is 1. The summed E-state index contributed by atoms with van der Waals surface area (Å²) in [5, 5.41) is 3.59. The van der Waals surface area contributed by atoms with Crippen LogP contribution in [0.1, 0.15) is 19.8 Å². The summed E-state index contributed by atoms with van der Waals surface area (Å²) in [4.78, 5) is 34.9. The molecule has 1 atom stereocenters. The Hall–Kier alpha value is -2.98. The Morgan fingerprint density at radius 1 is 1.18 bits per heavy atom. The van der Waals surface area contributed by atoms with Gasteiger partial charge in [-0.1, -0.05) is 6.58 Å². The van der Waals surface area contributed by atoms with Crippen molar-refractivity contribution in [1.82, 2.24) is 19.5 Å². The number of pyridine rings is 1. The molecule has 176 valence electrons. The van der Waals surface area contributed by atoms with Crippen LogP contribution in [-0.2, 0) is 15.8 Å². The van der Waals surface area contributed by atoms with Gasteiger partial charge < -0.3 is 20.0 Å². The van der Waals surface area contributed by atoms with E-state index in [1.165, 1.54) is 6.08 Å². The predicted molar refractivity (Wildman–Crippen MR) is 131 cm³/mol. The quantitative estimate of drug-likeness (QED) is 0.632. The molecule has 1 unspecified atom stereocenters. The number of nitrogens with zero attached hydrogens (tertiary/aromatic N) is 4. The third kappa shape index (κ3) is 5.17. The summed E-state index contributed by atoms with van der Waals surface area (Å²) in [6.45, 7) is 8.06. The number of benzene rings is 1. The number of fused-ring (bicyclic) bond motifs is 1. The molecule has 1 aliphatic heterocycles. The second-order valence-corrected chi connectivity index (χ2v) is 10.2. The highest BCUT2D eigenvalue weighted by atomic mass is 32.2. The molecule has 1 aromatic carbocycles. The molecule has 1 aliphatic carbocycles. The molecule has 3 amide bonds. The minimum Gasteiger partial charge on any atom is -0.367 e. The van der Waals surface area contributed by atoms with Crippen LogP contribution in [0, 0.1) is 0 Å². The number of hydrogen-bond donors (Lipinski definition) is 2. The van der Waals surface area contributed by atoms with Crippen LogP contribution in [0.4, 0.5) is 16.3 Å². The van der Waals surface area contributed by atoms with E-state index in [0.29, 0.717) is 42.4 Å². The fourth-order valence-electron chi connectivity index (χ4n) is 3.80. The standard InChI is InChI=1S/C23H30N6O3S/c1-5-21(30)25-20-7-6-17-18(24-20)14-16(33(32)26-23(2)8-9-23)15-19(17)28-10-12-29(13-11-28)22(31)27(3)4/h5-7,14-15,26H,1,8-13H2,2-4H3,(H,24,25,30). The summed E-state index contributed by atoms with van der Waals surface area (Å²) in [5.41, 5.74) is 1.47. The molecule has 0 spiro atoms. The van der Waals surface area contributed by atoms with Crippen molar-refractivity contribution in [2.45, 2.75) is 30.2 Å². The zero-order valence-corrected chi connectivity index (χ0v) is 20.1. The molecule has 0 radical (unpaired) electrons. The van der Waals surface area contributed by atoms with E-state index < -0.39 is 11.0 Å². The van der Waals surface area contributed by atoms with Crippen LogP contribution in [-0.4, -0.2) is 76.7 Å².